The van der Waals surface area contributed by atoms with Crippen LogP contribution in [0.2, 0.25) is 0 Å². The van der Waals surface area contributed by atoms with Crippen molar-refractivity contribution in [2.45, 2.75) is 13.5 Å². The molecule has 27 heavy (non-hydrogen) atoms. The van der Waals surface area contributed by atoms with Crippen LogP contribution in [-0.4, -0.2) is 27.6 Å². The van der Waals surface area contributed by atoms with E-state index in [1.54, 1.807) is 0 Å². The van der Waals surface area contributed by atoms with E-state index in [0.717, 1.165) is 23.4 Å². The first-order valence-corrected chi connectivity index (χ1v) is 9.21. The summed E-state index contributed by atoms with van der Waals surface area (Å²) < 4.78 is 2.16. The van der Waals surface area contributed by atoms with Gasteiger partial charge in [0.25, 0.3) is 0 Å². The maximum atomic E-state index is 8.91. The van der Waals surface area contributed by atoms with Gasteiger partial charge in [-0.05, 0) is 36.2 Å². The number of aliphatic hydroxyl groups is 1. The lowest BCUT2D eigenvalue weighted by Crippen LogP contribution is -2.17. The second kappa shape index (κ2) is 7.74. The molecule has 0 saturated heterocycles. The van der Waals surface area contributed by atoms with Crippen molar-refractivity contribution in [3.63, 3.8) is 0 Å². The lowest BCUT2D eigenvalue weighted by molar-refractivity contribution is 0.292. The minimum atomic E-state index is 0.148. The van der Waals surface area contributed by atoms with Crippen molar-refractivity contribution in [2.75, 3.05) is 13.2 Å². The lowest BCUT2D eigenvalue weighted by atomic mass is 10.0. The predicted molar refractivity (Wildman–Crippen MR) is 110 cm³/mol. The Hall–Kier alpha value is -2.95. The van der Waals surface area contributed by atoms with Crippen molar-refractivity contribution in [3.05, 3.63) is 84.2 Å². The minimum Gasteiger partial charge on any atom is -0.395 e. The molecule has 0 saturated carbocycles. The van der Waals surface area contributed by atoms with E-state index in [4.69, 9.17) is 10.1 Å². The second-order valence-corrected chi connectivity index (χ2v) is 6.65. The van der Waals surface area contributed by atoms with Crippen LogP contribution in [-0.2, 0) is 6.54 Å². The van der Waals surface area contributed by atoms with Crippen LogP contribution in [0.15, 0.2) is 72.9 Å². The van der Waals surface area contributed by atoms with Crippen molar-refractivity contribution in [1.82, 2.24) is 14.7 Å². The summed E-state index contributed by atoms with van der Waals surface area (Å²) in [5.41, 5.74) is 7.80. The number of nitrogens with zero attached hydrogens (tertiary/aromatic N) is 2. The molecule has 0 radical (unpaired) electrons. The highest BCUT2D eigenvalue weighted by Crippen LogP contribution is 2.27. The van der Waals surface area contributed by atoms with E-state index in [1.807, 2.05) is 6.07 Å². The molecule has 136 valence electrons. The normalized spacial score (nSPS) is 11.2. The summed E-state index contributed by atoms with van der Waals surface area (Å²) in [6.45, 7) is 3.62. The fourth-order valence-electron chi connectivity index (χ4n) is 3.40. The first kappa shape index (κ1) is 17.5. The Morgan fingerprint density at radius 2 is 1.78 bits per heavy atom. The average Bonchev–Trinajstić information content (AvgIpc) is 3.15. The van der Waals surface area contributed by atoms with E-state index in [2.05, 4.69) is 83.5 Å². The van der Waals surface area contributed by atoms with Gasteiger partial charge in [-0.15, -0.1) is 0 Å². The first-order valence-electron chi connectivity index (χ1n) is 9.21. The number of hydrogen-bond acceptors (Lipinski definition) is 3. The van der Waals surface area contributed by atoms with Gasteiger partial charge in [-0.1, -0.05) is 48.5 Å². The molecule has 0 unspecified atom stereocenters. The van der Waals surface area contributed by atoms with Crippen LogP contribution in [0.3, 0.4) is 0 Å². The van der Waals surface area contributed by atoms with Gasteiger partial charge in [-0.3, -0.25) is 0 Å². The third-order valence-corrected chi connectivity index (χ3v) is 4.81. The lowest BCUT2D eigenvalue weighted by Gasteiger charge is -2.08. The van der Waals surface area contributed by atoms with Gasteiger partial charge in [0.1, 0.15) is 5.65 Å². The molecule has 0 aliphatic heterocycles. The van der Waals surface area contributed by atoms with Crippen LogP contribution in [0.1, 0.15) is 11.3 Å². The van der Waals surface area contributed by atoms with E-state index >= 15 is 0 Å². The Morgan fingerprint density at radius 3 is 2.59 bits per heavy atom. The maximum Gasteiger partial charge on any atom is 0.137 e. The molecule has 2 aromatic carbocycles. The van der Waals surface area contributed by atoms with Crippen LogP contribution in [0.4, 0.5) is 0 Å². The molecule has 0 amide bonds. The predicted octanol–water partition coefficient (Wildman–Crippen LogP) is 4.06. The van der Waals surface area contributed by atoms with E-state index < -0.39 is 0 Å². The number of nitrogens with one attached hydrogen (secondary N) is 1. The molecule has 4 heteroatoms. The topological polar surface area (TPSA) is 49.6 Å². The fraction of sp³-hybridized carbons (Fsp3) is 0.174. The van der Waals surface area contributed by atoms with E-state index in [9.17, 15) is 0 Å². The maximum absolute atomic E-state index is 8.91. The largest absolute Gasteiger partial charge is 0.395 e. The van der Waals surface area contributed by atoms with Gasteiger partial charge in [-0.25, -0.2) is 4.98 Å². The van der Waals surface area contributed by atoms with Crippen LogP contribution in [0.25, 0.3) is 28.0 Å². The number of fused-ring (bicyclic) bond motifs is 1. The highest BCUT2D eigenvalue weighted by atomic mass is 16.3. The molecule has 2 heterocycles. The summed E-state index contributed by atoms with van der Waals surface area (Å²) >= 11 is 0. The Labute approximate surface area is 159 Å². The average molecular weight is 357 g/mol. The van der Waals surface area contributed by atoms with Gasteiger partial charge in [0.2, 0.25) is 0 Å². The number of benzene rings is 2. The number of pyridine rings is 1. The van der Waals surface area contributed by atoms with Gasteiger partial charge in [0.05, 0.1) is 12.3 Å². The first-order chi connectivity index (χ1) is 13.3. The zero-order valence-corrected chi connectivity index (χ0v) is 15.4. The number of imidazole rings is 1. The second-order valence-electron chi connectivity index (χ2n) is 6.65. The Balaban J connectivity index is 1.70. The number of aryl methyl sites for hydroxylation is 1. The molecule has 0 fully saturated rings. The van der Waals surface area contributed by atoms with Gasteiger partial charge in [-0.2, -0.15) is 0 Å². The summed E-state index contributed by atoms with van der Waals surface area (Å²) in [7, 11) is 0. The smallest absolute Gasteiger partial charge is 0.137 e. The third kappa shape index (κ3) is 3.63. The van der Waals surface area contributed by atoms with Gasteiger partial charge < -0.3 is 14.8 Å². The summed E-state index contributed by atoms with van der Waals surface area (Å²) in [5, 5.41) is 12.1. The monoisotopic (exact) mass is 357 g/mol. The van der Waals surface area contributed by atoms with Crippen LogP contribution in [0.5, 0.6) is 0 Å². The Kier molecular flexibility index (Phi) is 5.01. The van der Waals surface area contributed by atoms with Crippen molar-refractivity contribution in [3.8, 4) is 22.4 Å². The summed E-state index contributed by atoms with van der Waals surface area (Å²) in [6, 6.07) is 23.0. The Bertz CT molecular complexity index is 1050. The molecule has 4 rings (SSSR count). The van der Waals surface area contributed by atoms with Gasteiger partial charge >= 0.3 is 0 Å². The minimum absolute atomic E-state index is 0.148. The molecular weight excluding hydrogens is 334 g/mol. The molecule has 0 atom stereocenters. The fourth-order valence-corrected chi connectivity index (χ4v) is 3.40. The van der Waals surface area contributed by atoms with Crippen LogP contribution >= 0.6 is 0 Å². The summed E-state index contributed by atoms with van der Waals surface area (Å²) in [5.74, 6) is 0. The molecule has 2 N–H and O–H groups in total. The van der Waals surface area contributed by atoms with E-state index in [-0.39, 0.29) is 6.61 Å². The zero-order chi connectivity index (χ0) is 18.6. The molecule has 0 spiro atoms. The van der Waals surface area contributed by atoms with Crippen molar-refractivity contribution in [1.29, 1.82) is 0 Å². The van der Waals surface area contributed by atoms with E-state index in [1.165, 1.54) is 22.4 Å². The number of aliphatic hydroxyl groups excluding tert-OH is 1. The third-order valence-electron chi connectivity index (χ3n) is 4.81. The summed E-state index contributed by atoms with van der Waals surface area (Å²) in [4.78, 5) is 4.82. The van der Waals surface area contributed by atoms with Gasteiger partial charge in [0, 0.05) is 36.1 Å². The standard InChI is InChI=1S/C23H23N3O/c1-17-21(19-7-3-2-4-8-19)10-11-23-25-22(16-26(17)23)20-9-5-6-18(14-20)15-24-12-13-27/h2-11,14,16,24,27H,12-13,15H2,1H3. The SMILES string of the molecule is Cc1c(-c2ccccc2)ccc2nc(-c3cccc(CNCCO)c3)cn12. The van der Waals surface area contributed by atoms with Crippen LogP contribution < -0.4 is 5.32 Å². The number of hydrogen-bond donors (Lipinski definition) is 2. The van der Waals surface area contributed by atoms with Crippen molar-refractivity contribution >= 4 is 5.65 Å². The number of rotatable bonds is 6. The highest BCUT2D eigenvalue weighted by molar-refractivity contribution is 5.70. The summed E-state index contributed by atoms with van der Waals surface area (Å²) in [6.07, 6.45) is 2.11. The van der Waals surface area contributed by atoms with Crippen molar-refractivity contribution < 1.29 is 5.11 Å². The number of aromatic nitrogens is 2. The molecule has 4 nitrogen and oxygen atoms in total. The van der Waals surface area contributed by atoms with Gasteiger partial charge in [0.15, 0.2) is 0 Å². The molecule has 0 bridgehead atoms. The van der Waals surface area contributed by atoms with Crippen LogP contribution in [0, 0.1) is 6.92 Å². The molecule has 0 aliphatic rings. The quantitative estimate of drug-likeness (QED) is 0.512. The van der Waals surface area contributed by atoms with Crippen molar-refractivity contribution in [2.24, 2.45) is 0 Å². The zero-order valence-electron chi connectivity index (χ0n) is 15.4. The molecule has 4 aromatic rings. The molecule has 2 aromatic heterocycles. The highest BCUT2D eigenvalue weighted by Gasteiger charge is 2.10. The van der Waals surface area contributed by atoms with E-state index in [0.29, 0.717) is 6.54 Å². The molecular formula is C23H23N3O. The molecule has 0 aliphatic carbocycles. The Morgan fingerprint density at radius 1 is 0.963 bits per heavy atom.